The average molecular weight is 603 g/mol. The molecule has 7 nitrogen and oxygen atoms in total. The molecule has 1 aliphatic rings. The standard InChI is InChI=1S/C30H33Cl2N3O4S/c1-21-8-3-6-13-28(21)35(40(38,39)27-16-14-24(31)15-17-27)20-29(36)34(19-23-9-7-10-25(32)18-23)22(2)30(37)33-26-11-4-5-12-26/h3,6-10,13-18,22,26H,4-5,11-12,19-20H2,1-2H3,(H,33,37)/t22-/m0/s1. The quantitative estimate of drug-likeness (QED) is 0.310. The molecule has 10 heteroatoms. The van der Waals surface area contributed by atoms with Gasteiger partial charge in [-0.15, -0.1) is 0 Å². The topological polar surface area (TPSA) is 86.8 Å². The van der Waals surface area contributed by atoms with Gasteiger partial charge in [0.2, 0.25) is 11.8 Å². The van der Waals surface area contributed by atoms with Crippen LogP contribution in [0.15, 0.2) is 77.7 Å². The van der Waals surface area contributed by atoms with Crippen LogP contribution in [0.1, 0.15) is 43.7 Å². The predicted molar refractivity (Wildman–Crippen MR) is 159 cm³/mol. The van der Waals surface area contributed by atoms with Crippen molar-refractivity contribution in [1.29, 1.82) is 0 Å². The summed E-state index contributed by atoms with van der Waals surface area (Å²) in [6, 6.07) is 19.1. The van der Waals surface area contributed by atoms with Crippen molar-refractivity contribution in [3.05, 3.63) is 94.0 Å². The minimum absolute atomic E-state index is 0.00127. The fraction of sp³-hybridized carbons (Fsp3) is 0.333. The maximum absolute atomic E-state index is 14.0. The third-order valence-corrected chi connectivity index (χ3v) is 9.44. The number of nitrogens with zero attached hydrogens (tertiary/aromatic N) is 2. The molecule has 0 aromatic heterocycles. The van der Waals surface area contributed by atoms with E-state index in [-0.39, 0.29) is 23.4 Å². The lowest BCUT2D eigenvalue weighted by Crippen LogP contribution is -2.52. The molecule has 40 heavy (non-hydrogen) atoms. The fourth-order valence-corrected chi connectivity index (χ4v) is 6.71. The summed E-state index contributed by atoms with van der Waals surface area (Å²) in [7, 11) is -4.16. The summed E-state index contributed by atoms with van der Waals surface area (Å²) >= 11 is 12.2. The van der Waals surface area contributed by atoms with Crippen molar-refractivity contribution in [2.45, 2.75) is 63.1 Å². The molecule has 3 aromatic carbocycles. The van der Waals surface area contributed by atoms with Gasteiger partial charge >= 0.3 is 0 Å². The number of carbonyl (C=O) groups is 2. The van der Waals surface area contributed by atoms with Gasteiger partial charge in [-0.25, -0.2) is 8.42 Å². The lowest BCUT2D eigenvalue weighted by atomic mass is 10.1. The molecule has 2 amide bonds. The number of anilines is 1. The van der Waals surface area contributed by atoms with Crippen LogP contribution in [0.4, 0.5) is 5.69 Å². The molecule has 1 aliphatic carbocycles. The Bertz CT molecular complexity index is 1460. The molecule has 0 aliphatic heterocycles. The first-order valence-electron chi connectivity index (χ1n) is 13.2. The van der Waals surface area contributed by atoms with Crippen LogP contribution < -0.4 is 9.62 Å². The zero-order valence-electron chi connectivity index (χ0n) is 22.5. The number of halogens is 2. The first kappa shape index (κ1) is 29.9. The van der Waals surface area contributed by atoms with Crippen LogP contribution in [0.2, 0.25) is 10.0 Å². The van der Waals surface area contributed by atoms with E-state index in [4.69, 9.17) is 23.2 Å². The lowest BCUT2D eigenvalue weighted by molar-refractivity contribution is -0.139. The molecule has 0 radical (unpaired) electrons. The Labute approximate surface area is 246 Å². The minimum Gasteiger partial charge on any atom is -0.352 e. The number of para-hydroxylation sites is 1. The van der Waals surface area contributed by atoms with Crippen LogP contribution in [0.3, 0.4) is 0 Å². The van der Waals surface area contributed by atoms with Gasteiger partial charge in [-0.3, -0.25) is 13.9 Å². The maximum Gasteiger partial charge on any atom is 0.264 e. The number of amides is 2. The summed E-state index contributed by atoms with van der Waals surface area (Å²) in [6.45, 7) is 3.03. The summed E-state index contributed by atoms with van der Waals surface area (Å²) < 4.78 is 28.9. The highest BCUT2D eigenvalue weighted by Gasteiger charge is 2.33. The second kappa shape index (κ2) is 13.1. The second-order valence-corrected chi connectivity index (χ2v) is 12.8. The normalized spacial score (nSPS) is 14.5. The molecule has 0 heterocycles. The molecule has 1 atom stereocenters. The molecular weight excluding hydrogens is 569 g/mol. The zero-order valence-corrected chi connectivity index (χ0v) is 24.8. The van der Waals surface area contributed by atoms with E-state index in [1.165, 1.54) is 29.2 Å². The van der Waals surface area contributed by atoms with E-state index in [0.717, 1.165) is 35.6 Å². The smallest absolute Gasteiger partial charge is 0.264 e. The van der Waals surface area contributed by atoms with Crippen LogP contribution in [0.5, 0.6) is 0 Å². The van der Waals surface area contributed by atoms with Gasteiger partial charge in [-0.2, -0.15) is 0 Å². The Morgan fingerprint density at radius 1 is 0.950 bits per heavy atom. The average Bonchev–Trinajstić information content (AvgIpc) is 3.43. The summed E-state index contributed by atoms with van der Waals surface area (Å²) in [5.74, 6) is -0.792. The van der Waals surface area contributed by atoms with Gasteiger partial charge in [-0.1, -0.05) is 66.4 Å². The van der Waals surface area contributed by atoms with E-state index in [0.29, 0.717) is 21.3 Å². The molecular formula is C30H33Cl2N3O4S. The van der Waals surface area contributed by atoms with Gasteiger partial charge in [0.05, 0.1) is 10.6 Å². The van der Waals surface area contributed by atoms with E-state index in [9.17, 15) is 18.0 Å². The Hall–Kier alpha value is -3.07. The van der Waals surface area contributed by atoms with Gasteiger partial charge in [0.25, 0.3) is 10.0 Å². The number of rotatable bonds is 10. The molecule has 0 saturated heterocycles. The van der Waals surface area contributed by atoms with Crippen molar-refractivity contribution >= 4 is 50.7 Å². The molecule has 0 bridgehead atoms. The predicted octanol–water partition coefficient (Wildman–Crippen LogP) is 5.97. The van der Waals surface area contributed by atoms with E-state index < -0.39 is 28.5 Å². The molecule has 3 aromatic rings. The van der Waals surface area contributed by atoms with Gasteiger partial charge in [0, 0.05) is 22.6 Å². The number of benzene rings is 3. The van der Waals surface area contributed by atoms with E-state index in [1.54, 1.807) is 56.3 Å². The van der Waals surface area contributed by atoms with Crippen molar-refractivity contribution < 1.29 is 18.0 Å². The highest BCUT2D eigenvalue weighted by atomic mass is 35.5. The summed E-state index contributed by atoms with van der Waals surface area (Å²) in [4.78, 5) is 28.7. The number of sulfonamides is 1. The van der Waals surface area contributed by atoms with Gasteiger partial charge in [-0.05, 0) is 80.3 Å². The van der Waals surface area contributed by atoms with Gasteiger partial charge < -0.3 is 10.2 Å². The third-order valence-electron chi connectivity index (χ3n) is 7.18. The van der Waals surface area contributed by atoms with Crippen LogP contribution in [0.25, 0.3) is 0 Å². The number of nitrogens with one attached hydrogen (secondary N) is 1. The molecule has 212 valence electrons. The first-order valence-corrected chi connectivity index (χ1v) is 15.4. The molecule has 1 saturated carbocycles. The SMILES string of the molecule is Cc1ccccc1N(CC(=O)N(Cc1cccc(Cl)c1)[C@@H](C)C(=O)NC1CCCC1)S(=O)(=O)c1ccc(Cl)cc1. The Kier molecular flexibility index (Phi) is 9.77. The van der Waals surface area contributed by atoms with Crippen LogP contribution in [-0.4, -0.2) is 43.8 Å². The van der Waals surface area contributed by atoms with Crippen molar-refractivity contribution in [3.8, 4) is 0 Å². The number of hydrogen-bond acceptors (Lipinski definition) is 4. The molecule has 1 fully saturated rings. The number of hydrogen-bond donors (Lipinski definition) is 1. The summed E-state index contributed by atoms with van der Waals surface area (Å²) in [6.07, 6.45) is 3.92. The zero-order chi connectivity index (χ0) is 28.9. The van der Waals surface area contributed by atoms with Crippen molar-refractivity contribution in [1.82, 2.24) is 10.2 Å². The molecule has 4 rings (SSSR count). The first-order chi connectivity index (χ1) is 19.1. The third kappa shape index (κ3) is 7.16. The Balaban J connectivity index is 1.69. The monoisotopic (exact) mass is 601 g/mol. The van der Waals surface area contributed by atoms with Crippen molar-refractivity contribution in [2.75, 3.05) is 10.8 Å². The van der Waals surface area contributed by atoms with Crippen molar-refractivity contribution in [3.63, 3.8) is 0 Å². The van der Waals surface area contributed by atoms with E-state index in [2.05, 4.69) is 5.32 Å². The van der Waals surface area contributed by atoms with E-state index in [1.807, 2.05) is 6.07 Å². The molecule has 0 unspecified atom stereocenters. The molecule has 0 spiro atoms. The highest BCUT2D eigenvalue weighted by Crippen LogP contribution is 2.28. The second-order valence-electron chi connectivity index (χ2n) is 10.1. The van der Waals surface area contributed by atoms with Crippen LogP contribution >= 0.6 is 23.2 Å². The fourth-order valence-electron chi connectivity index (χ4n) is 4.90. The Morgan fingerprint density at radius 2 is 1.62 bits per heavy atom. The van der Waals surface area contributed by atoms with Gasteiger partial charge in [0.15, 0.2) is 0 Å². The maximum atomic E-state index is 14.0. The summed E-state index contributed by atoms with van der Waals surface area (Å²) in [5, 5.41) is 3.96. The number of carbonyl (C=O) groups excluding carboxylic acids is 2. The molecule has 1 N–H and O–H groups in total. The van der Waals surface area contributed by atoms with E-state index >= 15 is 0 Å². The van der Waals surface area contributed by atoms with Crippen molar-refractivity contribution in [2.24, 2.45) is 0 Å². The van der Waals surface area contributed by atoms with Crippen LogP contribution in [0, 0.1) is 6.92 Å². The largest absolute Gasteiger partial charge is 0.352 e. The lowest BCUT2D eigenvalue weighted by Gasteiger charge is -2.33. The summed E-state index contributed by atoms with van der Waals surface area (Å²) in [5.41, 5.74) is 1.78. The highest BCUT2D eigenvalue weighted by molar-refractivity contribution is 7.92. The van der Waals surface area contributed by atoms with Crippen LogP contribution in [-0.2, 0) is 26.2 Å². The number of aryl methyl sites for hydroxylation is 1. The van der Waals surface area contributed by atoms with Gasteiger partial charge in [0.1, 0.15) is 12.6 Å². The minimum atomic E-state index is -4.16. The Morgan fingerprint density at radius 3 is 2.27 bits per heavy atom.